The Morgan fingerprint density at radius 3 is 2.44 bits per heavy atom. The number of anilines is 1. The van der Waals surface area contributed by atoms with Gasteiger partial charge in [0.1, 0.15) is 0 Å². The monoisotopic (exact) mass is 351 g/mol. The molecule has 0 saturated heterocycles. The highest BCUT2D eigenvalue weighted by Crippen LogP contribution is 2.29. The molecule has 2 rings (SSSR count). The second-order valence-corrected chi connectivity index (χ2v) is 5.45. The summed E-state index contributed by atoms with van der Waals surface area (Å²) in [7, 11) is 0. The van der Waals surface area contributed by atoms with Gasteiger partial charge in [0.25, 0.3) is 5.91 Å². The van der Waals surface area contributed by atoms with Gasteiger partial charge in [-0.05, 0) is 49.2 Å². The van der Waals surface area contributed by atoms with Crippen molar-refractivity contribution in [2.24, 2.45) is 0 Å². The molecule has 0 bridgehead atoms. The normalized spacial score (nSPS) is 11.1. The Balaban J connectivity index is 1.98. The Morgan fingerprint density at radius 2 is 1.76 bits per heavy atom. The first-order chi connectivity index (χ1) is 11.7. The number of hydrogen-bond donors (Lipinski definition) is 1. The molecule has 25 heavy (non-hydrogen) atoms. The molecule has 0 aliphatic heterocycles. The molecule has 0 atom stereocenters. The molecular formula is C18H16F3NO3. The van der Waals surface area contributed by atoms with Crippen molar-refractivity contribution in [2.75, 3.05) is 11.9 Å². The van der Waals surface area contributed by atoms with Crippen LogP contribution in [0.2, 0.25) is 0 Å². The summed E-state index contributed by atoms with van der Waals surface area (Å²) in [4.78, 5) is 23.7. The first kappa shape index (κ1) is 18.5. The van der Waals surface area contributed by atoms with Crippen molar-refractivity contribution in [2.45, 2.75) is 20.0 Å². The molecule has 0 aliphatic rings. The van der Waals surface area contributed by atoms with Crippen molar-refractivity contribution in [3.63, 3.8) is 0 Å². The highest BCUT2D eigenvalue weighted by Gasteiger charge is 2.31. The van der Waals surface area contributed by atoms with Gasteiger partial charge in [0.2, 0.25) is 0 Å². The average Bonchev–Trinajstić information content (AvgIpc) is 2.56. The molecule has 0 radical (unpaired) electrons. The number of benzene rings is 2. The Morgan fingerprint density at radius 1 is 1.08 bits per heavy atom. The van der Waals surface area contributed by atoms with Crippen LogP contribution in [0.3, 0.4) is 0 Å². The Bertz CT molecular complexity index is 800. The van der Waals surface area contributed by atoms with Crippen LogP contribution in [0.15, 0.2) is 42.5 Å². The largest absolute Gasteiger partial charge is 0.452 e. The van der Waals surface area contributed by atoms with Gasteiger partial charge in [0, 0.05) is 5.69 Å². The number of carbonyl (C=O) groups excluding carboxylic acids is 2. The van der Waals surface area contributed by atoms with Crippen LogP contribution < -0.4 is 5.32 Å². The SMILES string of the molecule is Cc1cccc(NC(=O)COC(=O)c2cccc(C(F)(F)F)c2)c1C. The lowest BCUT2D eigenvalue weighted by molar-refractivity contribution is -0.137. The lowest BCUT2D eigenvalue weighted by Crippen LogP contribution is -2.21. The Hall–Kier alpha value is -2.83. The van der Waals surface area contributed by atoms with Gasteiger partial charge in [-0.3, -0.25) is 4.79 Å². The summed E-state index contributed by atoms with van der Waals surface area (Å²) in [5, 5.41) is 2.60. The van der Waals surface area contributed by atoms with E-state index < -0.39 is 30.2 Å². The molecule has 0 heterocycles. The van der Waals surface area contributed by atoms with Gasteiger partial charge in [0.15, 0.2) is 6.61 Å². The maximum atomic E-state index is 12.6. The standard InChI is InChI=1S/C18H16F3NO3/c1-11-5-3-8-15(12(11)2)22-16(23)10-25-17(24)13-6-4-7-14(9-13)18(19,20)21/h3-9H,10H2,1-2H3,(H,22,23). The molecule has 7 heteroatoms. The third-order valence-corrected chi connectivity index (χ3v) is 3.64. The summed E-state index contributed by atoms with van der Waals surface area (Å²) < 4.78 is 42.7. The fourth-order valence-electron chi connectivity index (χ4n) is 2.11. The molecule has 2 aromatic rings. The van der Waals surface area contributed by atoms with Crippen LogP contribution in [0.4, 0.5) is 18.9 Å². The zero-order valence-electron chi connectivity index (χ0n) is 13.6. The maximum Gasteiger partial charge on any atom is 0.416 e. The van der Waals surface area contributed by atoms with Gasteiger partial charge in [-0.2, -0.15) is 13.2 Å². The maximum absolute atomic E-state index is 12.6. The number of esters is 1. The Kier molecular flexibility index (Phi) is 5.46. The topological polar surface area (TPSA) is 55.4 Å². The second kappa shape index (κ2) is 7.38. The van der Waals surface area contributed by atoms with Crippen molar-refractivity contribution < 1.29 is 27.5 Å². The number of halogens is 3. The van der Waals surface area contributed by atoms with Gasteiger partial charge < -0.3 is 10.1 Å². The first-order valence-corrected chi connectivity index (χ1v) is 7.39. The highest BCUT2D eigenvalue weighted by molar-refractivity contribution is 5.96. The minimum absolute atomic E-state index is 0.269. The van der Waals surface area contributed by atoms with E-state index in [-0.39, 0.29) is 5.56 Å². The summed E-state index contributed by atoms with van der Waals surface area (Å²) in [5.41, 5.74) is 1.22. The fourth-order valence-corrected chi connectivity index (χ4v) is 2.11. The van der Waals surface area contributed by atoms with Crippen LogP contribution in [0, 0.1) is 13.8 Å². The van der Waals surface area contributed by atoms with Gasteiger partial charge in [0.05, 0.1) is 11.1 Å². The second-order valence-electron chi connectivity index (χ2n) is 5.45. The lowest BCUT2D eigenvalue weighted by Gasteiger charge is -2.11. The van der Waals surface area contributed by atoms with Gasteiger partial charge in [-0.15, -0.1) is 0 Å². The van der Waals surface area contributed by atoms with Gasteiger partial charge in [-0.25, -0.2) is 4.79 Å². The molecular weight excluding hydrogens is 335 g/mol. The van der Waals surface area contributed by atoms with Crippen LogP contribution >= 0.6 is 0 Å². The van der Waals surface area contributed by atoms with Gasteiger partial charge >= 0.3 is 12.1 Å². The van der Waals surface area contributed by atoms with E-state index in [4.69, 9.17) is 4.74 Å². The summed E-state index contributed by atoms with van der Waals surface area (Å²) in [5.74, 6) is -1.57. The molecule has 0 aromatic heterocycles. The smallest absolute Gasteiger partial charge is 0.416 e. The molecule has 0 spiro atoms. The lowest BCUT2D eigenvalue weighted by atomic mass is 10.1. The number of ether oxygens (including phenoxy) is 1. The molecule has 4 nitrogen and oxygen atoms in total. The zero-order chi connectivity index (χ0) is 18.6. The van der Waals surface area contributed by atoms with E-state index in [1.807, 2.05) is 19.9 Å². The van der Waals surface area contributed by atoms with Crippen LogP contribution in [-0.4, -0.2) is 18.5 Å². The summed E-state index contributed by atoms with van der Waals surface area (Å²) in [6.07, 6.45) is -4.56. The third-order valence-electron chi connectivity index (χ3n) is 3.64. The molecule has 0 fully saturated rings. The molecule has 0 aliphatic carbocycles. The van der Waals surface area contributed by atoms with E-state index in [1.54, 1.807) is 12.1 Å². The molecule has 2 aromatic carbocycles. The Labute approximate surface area is 142 Å². The summed E-state index contributed by atoms with van der Waals surface area (Å²) >= 11 is 0. The van der Waals surface area contributed by atoms with Crippen molar-refractivity contribution in [1.29, 1.82) is 0 Å². The van der Waals surface area contributed by atoms with Crippen molar-refractivity contribution >= 4 is 17.6 Å². The third kappa shape index (κ3) is 4.82. The number of amides is 1. The van der Waals surface area contributed by atoms with Crippen molar-refractivity contribution in [1.82, 2.24) is 0 Å². The number of hydrogen-bond acceptors (Lipinski definition) is 3. The van der Waals surface area contributed by atoms with Crippen LogP contribution in [0.1, 0.15) is 27.0 Å². The summed E-state index contributed by atoms with van der Waals surface area (Å²) in [6.45, 7) is 3.13. The number of alkyl halides is 3. The molecule has 0 saturated carbocycles. The van der Waals surface area contributed by atoms with E-state index in [9.17, 15) is 22.8 Å². The molecule has 132 valence electrons. The van der Waals surface area contributed by atoms with Crippen molar-refractivity contribution in [3.8, 4) is 0 Å². The number of aryl methyl sites for hydroxylation is 1. The highest BCUT2D eigenvalue weighted by atomic mass is 19.4. The van der Waals surface area contributed by atoms with Gasteiger partial charge in [-0.1, -0.05) is 18.2 Å². The quantitative estimate of drug-likeness (QED) is 0.843. The van der Waals surface area contributed by atoms with Crippen LogP contribution in [0.5, 0.6) is 0 Å². The van der Waals surface area contributed by atoms with Crippen LogP contribution in [-0.2, 0) is 15.7 Å². The minimum Gasteiger partial charge on any atom is -0.452 e. The molecule has 1 N–H and O–H groups in total. The van der Waals surface area contributed by atoms with E-state index in [2.05, 4.69) is 5.32 Å². The van der Waals surface area contributed by atoms with E-state index in [0.29, 0.717) is 11.8 Å². The molecule has 1 amide bonds. The van der Waals surface area contributed by atoms with E-state index >= 15 is 0 Å². The zero-order valence-corrected chi connectivity index (χ0v) is 13.6. The number of carbonyl (C=O) groups is 2. The number of rotatable bonds is 4. The average molecular weight is 351 g/mol. The molecule has 0 unspecified atom stereocenters. The van der Waals surface area contributed by atoms with E-state index in [0.717, 1.165) is 23.3 Å². The summed E-state index contributed by atoms with van der Waals surface area (Å²) in [6, 6.07) is 9.20. The minimum atomic E-state index is -4.56. The number of nitrogens with one attached hydrogen (secondary N) is 1. The predicted molar refractivity (Wildman–Crippen MR) is 86.3 cm³/mol. The van der Waals surface area contributed by atoms with E-state index in [1.165, 1.54) is 6.07 Å². The van der Waals surface area contributed by atoms with Crippen molar-refractivity contribution in [3.05, 3.63) is 64.7 Å². The predicted octanol–water partition coefficient (Wildman–Crippen LogP) is 4.12. The first-order valence-electron chi connectivity index (χ1n) is 7.39. The fraction of sp³-hybridized carbons (Fsp3) is 0.222. The van der Waals surface area contributed by atoms with Crippen LogP contribution in [0.25, 0.3) is 0 Å².